The van der Waals surface area contributed by atoms with E-state index in [4.69, 9.17) is 16.3 Å². The lowest BCUT2D eigenvalue weighted by atomic mass is 10.0. The summed E-state index contributed by atoms with van der Waals surface area (Å²) in [5.74, 6) is -0.548. The Morgan fingerprint density at radius 1 is 1.26 bits per heavy atom. The Bertz CT molecular complexity index is 745. The molecule has 0 radical (unpaired) electrons. The SMILES string of the molecule is CCOC(=O)c1cccc(-c2c(Cl)ccc(C(F)(F)F)c2Br)c1. The summed E-state index contributed by atoms with van der Waals surface area (Å²) >= 11 is 9.04. The molecule has 0 atom stereocenters. The van der Waals surface area contributed by atoms with Crippen LogP contribution in [0.3, 0.4) is 0 Å². The highest BCUT2D eigenvalue weighted by Crippen LogP contribution is 2.43. The fraction of sp³-hybridized carbons (Fsp3) is 0.188. The molecule has 2 rings (SSSR count). The number of hydrogen-bond donors (Lipinski definition) is 0. The standard InChI is InChI=1S/C16H11BrClF3O2/c1-2-23-15(22)10-5-3-4-9(8-10)13-12(18)7-6-11(14(13)17)16(19,20)21/h3-8H,2H2,1H3. The summed E-state index contributed by atoms with van der Waals surface area (Å²) in [6.07, 6.45) is -4.52. The van der Waals surface area contributed by atoms with Crippen molar-refractivity contribution in [3.05, 3.63) is 57.0 Å². The summed E-state index contributed by atoms with van der Waals surface area (Å²) in [6.45, 7) is 1.87. The van der Waals surface area contributed by atoms with E-state index >= 15 is 0 Å². The van der Waals surface area contributed by atoms with Crippen molar-refractivity contribution in [1.29, 1.82) is 0 Å². The van der Waals surface area contributed by atoms with Crippen LogP contribution in [-0.4, -0.2) is 12.6 Å². The van der Waals surface area contributed by atoms with Crippen molar-refractivity contribution in [2.24, 2.45) is 0 Å². The molecule has 0 saturated heterocycles. The minimum Gasteiger partial charge on any atom is -0.462 e. The predicted octanol–water partition coefficient (Wildman–Crippen LogP) is 5.97. The second-order valence-corrected chi connectivity index (χ2v) is 5.78. The second kappa shape index (κ2) is 6.93. The molecule has 122 valence electrons. The normalized spacial score (nSPS) is 11.4. The molecule has 0 unspecified atom stereocenters. The van der Waals surface area contributed by atoms with Crippen LogP contribution < -0.4 is 0 Å². The van der Waals surface area contributed by atoms with Gasteiger partial charge in [0.2, 0.25) is 0 Å². The van der Waals surface area contributed by atoms with Crippen molar-refractivity contribution in [2.75, 3.05) is 6.61 Å². The molecule has 0 aromatic heterocycles. The summed E-state index contributed by atoms with van der Waals surface area (Å²) in [5.41, 5.74) is -0.0330. The Morgan fingerprint density at radius 3 is 2.57 bits per heavy atom. The molecule has 0 heterocycles. The van der Waals surface area contributed by atoms with Crippen LogP contribution in [-0.2, 0) is 10.9 Å². The summed E-state index contributed by atoms with van der Waals surface area (Å²) in [6, 6.07) is 8.20. The Labute approximate surface area is 144 Å². The van der Waals surface area contributed by atoms with Gasteiger partial charge in [-0.15, -0.1) is 0 Å². The van der Waals surface area contributed by atoms with E-state index in [1.54, 1.807) is 19.1 Å². The van der Waals surface area contributed by atoms with Gasteiger partial charge in [0, 0.05) is 15.1 Å². The van der Waals surface area contributed by atoms with Crippen molar-refractivity contribution in [3.8, 4) is 11.1 Å². The van der Waals surface area contributed by atoms with E-state index in [0.29, 0.717) is 5.56 Å². The molecule has 0 aliphatic heterocycles. The van der Waals surface area contributed by atoms with Gasteiger partial charge >= 0.3 is 12.1 Å². The number of alkyl halides is 3. The van der Waals surface area contributed by atoms with Gasteiger partial charge in [-0.1, -0.05) is 23.7 Å². The minimum atomic E-state index is -4.52. The van der Waals surface area contributed by atoms with Gasteiger partial charge in [0.25, 0.3) is 0 Å². The van der Waals surface area contributed by atoms with Gasteiger partial charge in [-0.3, -0.25) is 0 Å². The van der Waals surface area contributed by atoms with Crippen LogP contribution in [0, 0.1) is 0 Å². The zero-order valence-electron chi connectivity index (χ0n) is 11.9. The van der Waals surface area contributed by atoms with Crippen LogP contribution in [0.5, 0.6) is 0 Å². The van der Waals surface area contributed by atoms with Gasteiger partial charge < -0.3 is 4.74 Å². The third-order valence-corrected chi connectivity index (χ3v) is 4.20. The molecule has 0 aliphatic carbocycles. The number of esters is 1. The molecular weight excluding hydrogens is 397 g/mol. The quantitative estimate of drug-likeness (QED) is 0.586. The first-order valence-corrected chi connectivity index (χ1v) is 7.75. The van der Waals surface area contributed by atoms with Gasteiger partial charge in [0.1, 0.15) is 0 Å². The Balaban J connectivity index is 2.59. The largest absolute Gasteiger partial charge is 0.462 e. The summed E-state index contributed by atoms with van der Waals surface area (Å²) in [4.78, 5) is 11.8. The molecule has 7 heteroatoms. The first-order valence-electron chi connectivity index (χ1n) is 6.58. The molecule has 2 aromatic carbocycles. The van der Waals surface area contributed by atoms with Crippen LogP contribution in [0.25, 0.3) is 11.1 Å². The molecule has 2 nitrogen and oxygen atoms in total. The van der Waals surface area contributed by atoms with Crippen molar-refractivity contribution >= 4 is 33.5 Å². The molecule has 0 bridgehead atoms. The smallest absolute Gasteiger partial charge is 0.417 e. The zero-order chi connectivity index (χ0) is 17.2. The van der Waals surface area contributed by atoms with Crippen LogP contribution in [0.4, 0.5) is 13.2 Å². The molecule has 0 saturated carbocycles. The van der Waals surface area contributed by atoms with E-state index < -0.39 is 17.7 Å². The van der Waals surface area contributed by atoms with E-state index in [9.17, 15) is 18.0 Å². The predicted molar refractivity (Wildman–Crippen MR) is 85.5 cm³/mol. The molecule has 0 fully saturated rings. The average Bonchev–Trinajstić information content (AvgIpc) is 2.46. The number of benzene rings is 2. The maximum atomic E-state index is 13.0. The first-order chi connectivity index (χ1) is 10.8. The molecule has 0 aliphatic rings. The van der Waals surface area contributed by atoms with Crippen LogP contribution >= 0.6 is 27.5 Å². The van der Waals surface area contributed by atoms with Crippen molar-refractivity contribution in [1.82, 2.24) is 0 Å². The Hall–Kier alpha value is -1.53. The molecular formula is C16H11BrClF3O2. The van der Waals surface area contributed by atoms with E-state index in [1.165, 1.54) is 18.2 Å². The highest BCUT2D eigenvalue weighted by atomic mass is 79.9. The zero-order valence-corrected chi connectivity index (χ0v) is 14.2. The summed E-state index contributed by atoms with van der Waals surface area (Å²) in [5, 5.41) is 0.144. The van der Waals surface area contributed by atoms with Crippen molar-refractivity contribution < 1.29 is 22.7 Å². The van der Waals surface area contributed by atoms with Crippen LogP contribution in [0.15, 0.2) is 40.9 Å². The number of rotatable bonds is 3. The molecule has 23 heavy (non-hydrogen) atoms. The lowest BCUT2D eigenvalue weighted by Gasteiger charge is -2.15. The average molecular weight is 408 g/mol. The molecule has 0 N–H and O–H groups in total. The fourth-order valence-electron chi connectivity index (χ4n) is 2.05. The van der Waals surface area contributed by atoms with E-state index in [0.717, 1.165) is 6.07 Å². The first kappa shape index (κ1) is 17.8. The lowest BCUT2D eigenvalue weighted by molar-refractivity contribution is -0.138. The molecule has 2 aromatic rings. The topological polar surface area (TPSA) is 26.3 Å². The lowest BCUT2D eigenvalue weighted by Crippen LogP contribution is -2.07. The summed E-state index contributed by atoms with van der Waals surface area (Å²) in [7, 11) is 0. The third kappa shape index (κ3) is 3.87. The van der Waals surface area contributed by atoms with Crippen LogP contribution in [0.1, 0.15) is 22.8 Å². The monoisotopic (exact) mass is 406 g/mol. The maximum Gasteiger partial charge on any atom is 0.417 e. The van der Waals surface area contributed by atoms with Crippen molar-refractivity contribution in [3.63, 3.8) is 0 Å². The number of carbonyl (C=O) groups excluding carboxylic acids is 1. The highest BCUT2D eigenvalue weighted by Gasteiger charge is 2.34. The molecule has 0 amide bonds. The van der Waals surface area contributed by atoms with Gasteiger partial charge in [-0.05, 0) is 52.7 Å². The number of halogens is 5. The third-order valence-electron chi connectivity index (χ3n) is 3.06. The maximum absolute atomic E-state index is 13.0. The Kier molecular flexibility index (Phi) is 5.37. The second-order valence-electron chi connectivity index (χ2n) is 4.58. The van der Waals surface area contributed by atoms with Crippen LogP contribution in [0.2, 0.25) is 5.02 Å². The number of hydrogen-bond acceptors (Lipinski definition) is 2. The van der Waals surface area contributed by atoms with E-state index in [-0.39, 0.29) is 27.2 Å². The van der Waals surface area contributed by atoms with Gasteiger partial charge in [-0.2, -0.15) is 13.2 Å². The molecule has 0 spiro atoms. The van der Waals surface area contributed by atoms with Gasteiger partial charge in [0.05, 0.1) is 17.7 Å². The Morgan fingerprint density at radius 2 is 1.96 bits per heavy atom. The minimum absolute atomic E-state index is 0.144. The van der Waals surface area contributed by atoms with Gasteiger partial charge in [0.15, 0.2) is 0 Å². The van der Waals surface area contributed by atoms with E-state index in [1.807, 2.05) is 0 Å². The van der Waals surface area contributed by atoms with Crippen molar-refractivity contribution in [2.45, 2.75) is 13.1 Å². The van der Waals surface area contributed by atoms with Gasteiger partial charge in [-0.25, -0.2) is 4.79 Å². The fourth-order valence-corrected chi connectivity index (χ4v) is 3.23. The number of carbonyl (C=O) groups is 1. The highest BCUT2D eigenvalue weighted by molar-refractivity contribution is 9.10. The number of ether oxygens (including phenoxy) is 1. The van der Waals surface area contributed by atoms with E-state index in [2.05, 4.69) is 15.9 Å². The summed E-state index contributed by atoms with van der Waals surface area (Å²) < 4.78 is 43.8.